The molecule has 0 aliphatic heterocycles. The maximum atomic E-state index is 8.44. The summed E-state index contributed by atoms with van der Waals surface area (Å²) in [5.41, 5.74) is -0.520. The third-order valence-electron chi connectivity index (χ3n) is 0.310. The van der Waals surface area contributed by atoms with E-state index in [4.69, 9.17) is 5.11 Å². The summed E-state index contributed by atoms with van der Waals surface area (Å²) in [5, 5.41) is 8.44. The van der Waals surface area contributed by atoms with Gasteiger partial charge in [0, 0.05) is 0 Å². The van der Waals surface area contributed by atoms with E-state index in [2.05, 4.69) is 18.2 Å². The Hall–Kier alpha value is 0.400. The van der Waals surface area contributed by atoms with Gasteiger partial charge in [-0.25, -0.2) is 0 Å². The van der Waals surface area contributed by atoms with Crippen molar-refractivity contribution in [3.63, 3.8) is 0 Å². The molecule has 0 amide bonds. The maximum Gasteiger partial charge on any atom is 0.127 e. The number of aliphatic hydroxyl groups is 1. The van der Waals surface area contributed by atoms with E-state index in [1.807, 2.05) is 0 Å². The van der Waals surface area contributed by atoms with Gasteiger partial charge in [0.05, 0.1) is 0 Å². The van der Waals surface area contributed by atoms with E-state index in [-0.39, 0.29) is 0 Å². The predicted molar refractivity (Wildman–Crippen MR) is 32.8 cm³/mol. The van der Waals surface area contributed by atoms with Crippen molar-refractivity contribution >= 4 is 22.5 Å². The maximum absolute atomic E-state index is 8.44. The van der Waals surface area contributed by atoms with Crippen molar-refractivity contribution in [1.29, 1.82) is 0 Å². The van der Waals surface area contributed by atoms with Crippen molar-refractivity contribution in [2.45, 2.75) is 5.44 Å². The fraction of sp³-hybridized carbons (Fsp3) is 0.333. The molecular formula is C3H6OS2. The summed E-state index contributed by atoms with van der Waals surface area (Å²) in [6.07, 6.45) is 1.41. The Morgan fingerprint density at radius 2 is 2.50 bits per heavy atom. The summed E-state index contributed by atoms with van der Waals surface area (Å²) in [4.78, 5) is 0. The highest BCUT2D eigenvalue weighted by Gasteiger charge is 1.87. The second kappa shape index (κ2) is 3.59. The lowest BCUT2D eigenvalue weighted by Gasteiger charge is -1.92. The van der Waals surface area contributed by atoms with Gasteiger partial charge in [-0.3, -0.25) is 0 Å². The average Bonchev–Trinajstić information content (AvgIpc) is 1.65. The minimum Gasteiger partial charge on any atom is -0.378 e. The summed E-state index contributed by atoms with van der Waals surface area (Å²) in [6, 6.07) is 0. The molecule has 0 saturated carbocycles. The summed E-state index contributed by atoms with van der Waals surface area (Å²) < 4.78 is 0. The first-order valence-corrected chi connectivity index (χ1v) is 3.35. The van der Waals surface area contributed by atoms with E-state index in [1.54, 1.807) is 0 Å². The Kier molecular flexibility index (Phi) is 3.82. The molecule has 36 valence electrons. The van der Waals surface area contributed by atoms with Gasteiger partial charge in [0.25, 0.3) is 0 Å². The largest absolute Gasteiger partial charge is 0.378 e. The van der Waals surface area contributed by atoms with Gasteiger partial charge in [-0.15, -0.1) is 11.7 Å². The molecule has 3 heteroatoms. The summed E-state index contributed by atoms with van der Waals surface area (Å²) in [5.74, 6) is 0. The van der Waals surface area contributed by atoms with Gasteiger partial charge in [0.2, 0.25) is 0 Å². The molecule has 0 spiro atoms. The molecule has 0 fully saturated rings. The van der Waals surface area contributed by atoms with Gasteiger partial charge >= 0.3 is 0 Å². The third kappa shape index (κ3) is 2.63. The molecule has 0 bridgehead atoms. The van der Waals surface area contributed by atoms with Crippen LogP contribution in [-0.2, 0) is 0 Å². The van der Waals surface area contributed by atoms with Crippen molar-refractivity contribution in [2.24, 2.45) is 0 Å². The first kappa shape index (κ1) is 6.40. The highest BCUT2D eigenvalue weighted by molar-refractivity contribution is 8.68. The molecule has 0 saturated heterocycles. The third-order valence-corrected chi connectivity index (χ3v) is 1.37. The molecule has 0 aliphatic rings. The predicted octanol–water partition coefficient (Wildman–Crippen LogP) is 1.07. The number of aliphatic hydroxyl groups excluding tert-OH is 1. The van der Waals surface area contributed by atoms with Crippen molar-refractivity contribution in [2.75, 3.05) is 0 Å². The second-order valence-corrected chi connectivity index (χ2v) is 2.06. The average molecular weight is 122 g/mol. The van der Waals surface area contributed by atoms with Gasteiger partial charge < -0.3 is 5.11 Å². The van der Waals surface area contributed by atoms with Crippen LogP contribution in [0, 0.1) is 0 Å². The van der Waals surface area contributed by atoms with Gasteiger partial charge in [-0.1, -0.05) is 23.4 Å². The Bertz CT molecular complexity index is 46.1. The molecule has 1 nitrogen and oxygen atoms in total. The van der Waals surface area contributed by atoms with Gasteiger partial charge in [-0.2, -0.15) is 0 Å². The number of hydrogen-bond donors (Lipinski definition) is 2. The molecule has 1 N–H and O–H groups in total. The molecule has 0 aromatic rings. The lowest BCUT2D eigenvalue weighted by molar-refractivity contribution is 0.312. The van der Waals surface area contributed by atoms with E-state index in [9.17, 15) is 0 Å². The number of hydrogen-bond acceptors (Lipinski definition) is 3. The SMILES string of the molecule is C=CC(O)SS. The standard InChI is InChI=1S/C3H6OS2/c1-2-3(4)6-5/h2-5H,1H2. The zero-order valence-corrected chi connectivity index (χ0v) is 4.88. The van der Waals surface area contributed by atoms with E-state index in [0.29, 0.717) is 0 Å². The Balaban J connectivity index is 2.96. The Morgan fingerprint density at radius 1 is 2.00 bits per heavy atom. The van der Waals surface area contributed by atoms with Crippen molar-refractivity contribution in [3.8, 4) is 0 Å². The molecule has 0 heterocycles. The van der Waals surface area contributed by atoms with Crippen LogP contribution in [0.5, 0.6) is 0 Å². The Morgan fingerprint density at radius 3 is 2.50 bits per heavy atom. The molecule has 0 radical (unpaired) electrons. The van der Waals surface area contributed by atoms with Crippen LogP contribution < -0.4 is 0 Å². The highest BCUT2D eigenvalue weighted by atomic mass is 33.1. The molecule has 1 unspecified atom stereocenters. The van der Waals surface area contributed by atoms with Crippen molar-refractivity contribution in [1.82, 2.24) is 0 Å². The second-order valence-electron chi connectivity index (χ2n) is 0.732. The fourth-order valence-corrected chi connectivity index (χ4v) is 0.387. The summed E-state index contributed by atoms with van der Waals surface area (Å²) >= 11 is 3.69. The zero-order chi connectivity index (χ0) is 4.99. The van der Waals surface area contributed by atoms with Crippen LogP contribution in [0.4, 0.5) is 0 Å². The van der Waals surface area contributed by atoms with E-state index in [1.165, 1.54) is 6.08 Å². The Labute approximate surface area is 46.3 Å². The van der Waals surface area contributed by atoms with Crippen LogP contribution >= 0.6 is 22.5 Å². The number of rotatable bonds is 2. The van der Waals surface area contributed by atoms with Gasteiger partial charge in [0.1, 0.15) is 5.44 Å². The topological polar surface area (TPSA) is 20.2 Å². The van der Waals surface area contributed by atoms with E-state index in [0.717, 1.165) is 10.8 Å². The fourth-order valence-electron chi connectivity index (χ4n) is 0.0430. The summed E-state index contributed by atoms with van der Waals surface area (Å²) in [6.45, 7) is 3.31. The van der Waals surface area contributed by atoms with Crippen LogP contribution in [0.15, 0.2) is 12.7 Å². The first-order valence-electron chi connectivity index (χ1n) is 1.42. The van der Waals surface area contributed by atoms with Crippen LogP contribution in [0.1, 0.15) is 0 Å². The molecule has 0 rings (SSSR count). The molecule has 0 aliphatic carbocycles. The van der Waals surface area contributed by atoms with Gasteiger partial charge in [0.15, 0.2) is 0 Å². The van der Waals surface area contributed by atoms with Crippen molar-refractivity contribution in [3.05, 3.63) is 12.7 Å². The zero-order valence-electron chi connectivity index (χ0n) is 3.16. The lowest BCUT2D eigenvalue weighted by atomic mass is 10.7. The summed E-state index contributed by atoms with van der Waals surface area (Å²) in [7, 11) is 1.06. The molecule has 1 atom stereocenters. The van der Waals surface area contributed by atoms with Gasteiger partial charge in [-0.05, 0) is 0 Å². The number of thiol groups is 1. The van der Waals surface area contributed by atoms with Crippen LogP contribution in [0.3, 0.4) is 0 Å². The van der Waals surface area contributed by atoms with Crippen molar-refractivity contribution < 1.29 is 5.11 Å². The molecule has 6 heavy (non-hydrogen) atoms. The van der Waals surface area contributed by atoms with Crippen LogP contribution in [0.25, 0.3) is 0 Å². The first-order chi connectivity index (χ1) is 2.81. The molecule has 0 aromatic carbocycles. The van der Waals surface area contributed by atoms with E-state index < -0.39 is 5.44 Å². The smallest absolute Gasteiger partial charge is 0.127 e. The molecule has 0 aromatic heterocycles. The van der Waals surface area contributed by atoms with E-state index >= 15 is 0 Å². The highest BCUT2D eigenvalue weighted by Crippen LogP contribution is 2.11. The minimum atomic E-state index is -0.520. The lowest BCUT2D eigenvalue weighted by Crippen LogP contribution is -1.87. The molecular weight excluding hydrogens is 116 g/mol. The minimum absolute atomic E-state index is 0.520. The monoisotopic (exact) mass is 122 g/mol. The van der Waals surface area contributed by atoms with Crippen LogP contribution in [0.2, 0.25) is 0 Å². The quantitative estimate of drug-likeness (QED) is 0.247. The normalized spacial score (nSPS) is 13.7. The van der Waals surface area contributed by atoms with Crippen LogP contribution in [-0.4, -0.2) is 10.5 Å².